The van der Waals surface area contributed by atoms with Crippen molar-refractivity contribution in [3.8, 4) is 11.6 Å². The number of rotatable bonds is 8. The summed E-state index contributed by atoms with van der Waals surface area (Å²) in [6.45, 7) is -0.536. The van der Waals surface area contributed by atoms with E-state index in [0.29, 0.717) is 32.1 Å². The van der Waals surface area contributed by atoms with Gasteiger partial charge in [0, 0.05) is 17.7 Å². The quantitative estimate of drug-likeness (QED) is 0.542. The Morgan fingerprint density at radius 3 is 2.53 bits per heavy atom. The van der Waals surface area contributed by atoms with Gasteiger partial charge in [-0.05, 0) is 49.4 Å². The molecule has 3 fully saturated rings. The lowest BCUT2D eigenvalue weighted by molar-refractivity contribution is -0.137. The van der Waals surface area contributed by atoms with E-state index in [4.69, 9.17) is 21.1 Å². The SMILES string of the molecule is O=C(COc1ccc(Cl)c(F)c1)NC12CCC(NC(=O)COc3ccon3)(CC1)[C@@H](O)C2. The zero-order chi connectivity index (χ0) is 22.8. The Labute approximate surface area is 188 Å². The summed E-state index contributed by atoms with van der Waals surface area (Å²) in [6, 6.07) is 5.44. The van der Waals surface area contributed by atoms with Crippen molar-refractivity contribution in [1.29, 1.82) is 0 Å². The van der Waals surface area contributed by atoms with E-state index >= 15 is 0 Å². The van der Waals surface area contributed by atoms with Crippen LogP contribution in [0.5, 0.6) is 11.6 Å². The number of amides is 2. The molecule has 5 rings (SSSR count). The average molecular weight is 468 g/mol. The van der Waals surface area contributed by atoms with Crippen LogP contribution in [0.1, 0.15) is 32.1 Å². The summed E-state index contributed by atoms with van der Waals surface area (Å²) in [4.78, 5) is 24.8. The van der Waals surface area contributed by atoms with Gasteiger partial charge in [-0.15, -0.1) is 0 Å². The zero-order valence-corrected chi connectivity index (χ0v) is 17.9. The lowest BCUT2D eigenvalue weighted by atomic mass is 9.60. The number of benzene rings is 1. The molecule has 2 aromatic rings. The average Bonchev–Trinajstić information content (AvgIpc) is 3.28. The third-order valence-electron chi connectivity index (χ3n) is 6.14. The molecule has 1 aromatic carbocycles. The zero-order valence-electron chi connectivity index (χ0n) is 17.1. The van der Waals surface area contributed by atoms with E-state index in [1.165, 1.54) is 24.5 Å². The normalized spacial score (nSPS) is 26.4. The van der Waals surface area contributed by atoms with Gasteiger partial charge in [0.1, 0.15) is 17.8 Å². The van der Waals surface area contributed by atoms with Crippen LogP contribution < -0.4 is 20.1 Å². The molecule has 0 unspecified atom stereocenters. The first kappa shape index (κ1) is 22.3. The van der Waals surface area contributed by atoms with E-state index < -0.39 is 23.0 Å². The number of aliphatic hydroxyl groups is 1. The van der Waals surface area contributed by atoms with E-state index in [0.717, 1.165) is 6.07 Å². The number of hydrogen-bond acceptors (Lipinski definition) is 7. The van der Waals surface area contributed by atoms with E-state index in [1.807, 2.05) is 0 Å². The molecule has 3 aliphatic rings. The highest BCUT2D eigenvalue weighted by atomic mass is 35.5. The number of aliphatic hydroxyl groups excluding tert-OH is 1. The van der Waals surface area contributed by atoms with Gasteiger partial charge in [-0.3, -0.25) is 9.59 Å². The number of nitrogens with one attached hydrogen (secondary N) is 2. The van der Waals surface area contributed by atoms with Crippen LogP contribution in [-0.4, -0.2) is 52.5 Å². The van der Waals surface area contributed by atoms with Crippen molar-refractivity contribution in [2.24, 2.45) is 0 Å². The van der Waals surface area contributed by atoms with E-state index in [2.05, 4.69) is 20.3 Å². The Bertz CT molecular complexity index is 978. The second kappa shape index (κ2) is 8.95. The first-order valence-corrected chi connectivity index (χ1v) is 10.6. The molecular formula is C21H23ClFN3O6. The first-order chi connectivity index (χ1) is 15.3. The molecule has 0 radical (unpaired) electrons. The van der Waals surface area contributed by atoms with Gasteiger partial charge in [-0.1, -0.05) is 11.6 Å². The molecule has 1 aromatic heterocycles. The van der Waals surface area contributed by atoms with Gasteiger partial charge in [0.2, 0.25) is 0 Å². The number of fused-ring (bicyclic) bond motifs is 3. The number of carbonyl (C=O) groups excluding carboxylic acids is 2. The van der Waals surface area contributed by atoms with E-state index in [1.54, 1.807) is 0 Å². The molecule has 32 heavy (non-hydrogen) atoms. The minimum absolute atomic E-state index is 0.0284. The molecule has 3 aliphatic carbocycles. The summed E-state index contributed by atoms with van der Waals surface area (Å²) in [5, 5.41) is 20.2. The number of halogens is 2. The molecular weight excluding hydrogens is 445 g/mol. The summed E-state index contributed by atoms with van der Waals surface area (Å²) in [6.07, 6.45) is 3.02. The molecule has 2 amide bonds. The monoisotopic (exact) mass is 467 g/mol. The minimum atomic E-state index is -0.826. The summed E-state index contributed by atoms with van der Waals surface area (Å²) >= 11 is 5.64. The molecule has 0 spiro atoms. The highest BCUT2D eigenvalue weighted by Gasteiger charge is 2.55. The third kappa shape index (κ3) is 4.81. The first-order valence-electron chi connectivity index (χ1n) is 10.2. The van der Waals surface area contributed by atoms with Gasteiger partial charge < -0.3 is 29.7 Å². The standard InChI is InChI=1S/C21H23ClFN3O6/c22-14-2-1-13(9-15(14)23)30-11-17(28)24-20-4-6-21(7-5-20,16(27)10-20)25-18(29)12-31-19-3-8-32-26-19/h1-3,8-9,16,27H,4-7,10-12H2,(H,24,28)(H,25,29)/t16-,20?,21?/m0/s1. The maximum absolute atomic E-state index is 13.5. The fourth-order valence-electron chi connectivity index (χ4n) is 4.44. The Hall–Kier alpha value is -2.85. The summed E-state index contributed by atoms with van der Waals surface area (Å²) in [5.41, 5.74) is -1.33. The van der Waals surface area contributed by atoms with Crippen LogP contribution in [0.3, 0.4) is 0 Å². The highest BCUT2D eigenvalue weighted by Crippen LogP contribution is 2.47. The summed E-state index contributed by atoms with van der Waals surface area (Å²) in [7, 11) is 0. The molecule has 11 heteroatoms. The van der Waals surface area contributed by atoms with Crippen LogP contribution in [0.2, 0.25) is 5.02 Å². The lowest BCUT2D eigenvalue weighted by Crippen LogP contribution is -2.70. The van der Waals surface area contributed by atoms with Crippen molar-refractivity contribution in [2.75, 3.05) is 13.2 Å². The Balaban J connectivity index is 1.28. The van der Waals surface area contributed by atoms with Gasteiger partial charge in [-0.2, -0.15) is 0 Å². The molecule has 0 saturated heterocycles. The molecule has 9 nitrogen and oxygen atoms in total. The van der Waals surface area contributed by atoms with Crippen LogP contribution in [0.25, 0.3) is 0 Å². The maximum atomic E-state index is 13.5. The van der Waals surface area contributed by atoms with Crippen molar-refractivity contribution < 1.29 is 33.1 Å². The van der Waals surface area contributed by atoms with Gasteiger partial charge in [0.15, 0.2) is 13.2 Å². The number of aromatic nitrogens is 1. The minimum Gasteiger partial charge on any atom is -0.484 e. The van der Waals surface area contributed by atoms with E-state index in [-0.39, 0.29) is 41.7 Å². The van der Waals surface area contributed by atoms with Crippen molar-refractivity contribution in [1.82, 2.24) is 15.8 Å². The fourth-order valence-corrected chi connectivity index (χ4v) is 4.56. The van der Waals surface area contributed by atoms with Gasteiger partial charge in [-0.25, -0.2) is 4.39 Å². The number of nitrogens with zero attached hydrogens (tertiary/aromatic N) is 1. The van der Waals surface area contributed by atoms with Crippen LogP contribution in [0.4, 0.5) is 4.39 Å². The van der Waals surface area contributed by atoms with Gasteiger partial charge >= 0.3 is 0 Å². The second-order valence-corrected chi connectivity index (χ2v) is 8.65. The Morgan fingerprint density at radius 2 is 1.88 bits per heavy atom. The lowest BCUT2D eigenvalue weighted by Gasteiger charge is -2.56. The largest absolute Gasteiger partial charge is 0.484 e. The van der Waals surface area contributed by atoms with E-state index in [9.17, 15) is 19.1 Å². The molecule has 2 bridgehead atoms. The highest BCUT2D eigenvalue weighted by molar-refractivity contribution is 6.30. The molecule has 1 atom stereocenters. The van der Waals surface area contributed by atoms with Crippen LogP contribution in [0, 0.1) is 5.82 Å². The van der Waals surface area contributed by atoms with Crippen molar-refractivity contribution in [2.45, 2.75) is 49.3 Å². The van der Waals surface area contributed by atoms with Crippen molar-refractivity contribution >= 4 is 23.4 Å². The molecule has 3 N–H and O–H groups in total. The topological polar surface area (TPSA) is 123 Å². The smallest absolute Gasteiger partial charge is 0.258 e. The predicted octanol–water partition coefficient (Wildman–Crippen LogP) is 1.97. The summed E-state index contributed by atoms with van der Waals surface area (Å²) in [5.74, 6) is -0.964. The molecule has 172 valence electrons. The van der Waals surface area contributed by atoms with Gasteiger partial charge in [0.05, 0.1) is 16.7 Å². The third-order valence-corrected chi connectivity index (χ3v) is 6.45. The van der Waals surface area contributed by atoms with Crippen molar-refractivity contribution in [3.05, 3.63) is 41.4 Å². The summed E-state index contributed by atoms with van der Waals surface area (Å²) < 4.78 is 28.7. The van der Waals surface area contributed by atoms with Crippen LogP contribution in [0.15, 0.2) is 35.1 Å². The molecule has 0 aliphatic heterocycles. The number of ether oxygens (including phenoxy) is 2. The van der Waals surface area contributed by atoms with Crippen LogP contribution >= 0.6 is 11.6 Å². The second-order valence-electron chi connectivity index (χ2n) is 8.24. The Morgan fingerprint density at radius 1 is 1.16 bits per heavy atom. The predicted molar refractivity (Wildman–Crippen MR) is 110 cm³/mol. The Kier molecular flexibility index (Phi) is 6.25. The molecule has 3 saturated carbocycles. The molecule has 1 heterocycles. The van der Waals surface area contributed by atoms with Crippen LogP contribution in [-0.2, 0) is 9.59 Å². The fraction of sp³-hybridized carbons (Fsp3) is 0.476. The van der Waals surface area contributed by atoms with Gasteiger partial charge in [0.25, 0.3) is 17.7 Å². The van der Waals surface area contributed by atoms with Crippen molar-refractivity contribution in [3.63, 3.8) is 0 Å². The number of hydrogen-bond donors (Lipinski definition) is 3. The maximum Gasteiger partial charge on any atom is 0.258 e. The number of carbonyl (C=O) groups is 2.